The Morgan fingerprint density at radius 2 is 1.35 bits per heavy atom. The van der Waals surface area contributed by atoms with E-state index >= 15 is 0 Å². The van der Waals surface area contributed by atoms with Crippen LogP contribution in [0.3, 0.4) is 0 Å². The van der Waals surface area contributed by atoms with Crippen LogP contribution >= 0.6 is 0 Å². The molecule has 0 unspecified atom stereocenters. The van der Waals surface area contributed by atoms with Gasteiger partial charge in [-0.25, -0.2) is 0 Å². The smallest absolute Gasteiger partial charge is 0.119 e. The highest BCUT2D eigenvalue weighted by Gasteiger charge is 1.93. The molecule has 0 radical (unpaired) electrons. The Hall–Kier alpha value is -2.72. The Balaban J connectivity index is 1.81. The standard InChI is InChI=1S/C25H28O/c1-3-5-21-26-25-19-17-24(18-20-25)12-9-7-6-8-11-23-15-13-22(10-4-2)14-16-23/h8-9,11-20H,3-5,10,21H2,1-2H3. The largest absolute Gasteiger partial charge is 0.494 e. The van der Waals surface area contributed by atoms with E-state index in [0.29, 0.717) is 0 Å². The molecule has 134 valence electrons. The molecule has 1 nitrogen and oxygen atoms in total. The van der Waals surface area contributed by atoms with Crippen LogP contribution in [0.5, 0.6) is 5.75 Å². The average molecular weight is 344 g/mol. The van der Waals surface area contributed by atoms with Crippen LogP contribution in [0.4, 0.5) is 0 Å². The number of allylic oxidation sites excluding steroid dienone is 2. The van der Waals surface area contributed by atoms with Crippen LogP contribution < -0.4 is 4.74 Å². The van der Waals surface area contributed by atoms with E-state index < -0.39 is 0 Å². The molecule has 0 saturated carbocycles. The van der Waals surface area contributed by atoms with E-state index in [2.05, 4.69) is 50.0 Å². The number of unbranched alkanes of at least 4 members (excludes halogenated alkanes) is 1. The Morgan fingerprint density at radius 1 is 0.769 bits per heavy atom. The zero-order valence-corrected chi connectivity index (χ0v) is 15.9. The average Bonchev–Trinajstić information content (AvgIpc) is 2.67. The summed E-state index contributed by atoms with van der Waals surface area (Å²) in [5, 5.41) is 0. The first-order valence-electron chi connectivity index (χ1n) is 9.47. The summed E-state index contributed by atoms with van der Waals surface area (Å²) < 4.78 is 5.66. The molecule has 0 aliphatic heterocycles. The molecule has 0 spiro atoms. The predicted molar refractivity (Wildman–Crippen MR) is 113 cm³/mol. The molecule has 0 aliphatic carbocycles. The van der Waals surface area contributed by atoms with E-state index in [0.717, 1.165) is 37.2 Å². The van der Waals surface area contributed by atoms with Gasteiger partial charge < -0.3 is 4.74 Å². The molecule has 0 bridgehead atoms. The molecule has 0 amide bonds. The van der Waals surface area contributed by atoms with Crippen molar-refractivity contribution in [2.75, 3.05) is 6.61 Å². The summed E-state index contributed by atoms with van der Waals surface area (Å²) >= 11 is 0. The highest BCUT2D eigenvalue weighted by atomic mass is 16.5. The number of aryl methyl sites for hydroxylation is 1. The van der Waals surface area contributed by atoms with Gasteiger partial charge in [0.1, 0.15) is 5.75 Å². The summed E-state index contributed by atoms with van der Waals surface area (Å²) in [5.41, 5.74) is 3.69. The molecule has 0 aromatic heterocycles. The van der Waals surface area contributed by atoms with Gasteiger partial charge in [0.15, 0.2) is 0 Å². The number of rotatable bonds is 8. The zero-order chi connectivity index (χ0) is 18.5. The monoisotopic (exact) mass is 344 g/mol. The third-order valence-corrected chi connectivity index (χ3v) is 3.97. The number of ether oxygens (including phenoxy) is 1. The SMILES string of the molecule is CCCCOc1ccc(C=CC#CC=Cc2ccc(CCC)cc2)cc1. The molecule has 0 N–H and O–H groups in total. The summed E-state index contributed by atoms with van der Waals surface area (Å²) in [7, 11) is 0. The maximum atomic E-state index is 5.66. The van der Waals surface area contributed by atoms with Gasteiger partial charge in [0.2, 0.25) is 0 Å². The van der Waals surface area contributed by atoms with Crippen LogP contribution in [-0.2, 0) is 6.42 Å². The summed E-state index contributed by atoms with van der Waals surface area (Å²) in [5.74, 6) is 7.02. The second kappa shape index (κ2) is 11.8. The molecule has 0 aliphatic rings. The van der Waals surface area contributed by atoms with Gasteiger partial charge in [-0.2, -0.15) is 0 Å². The van der Waals surface area contributed by atoms with E-state index in [-0.39, 0.29) is 0 Å². The fourth-order valence-corrected chi connectivity index (χ4v) is 2.47. The minimum atomic E-state index is 0.783. The van der Waals surface area contributed by atoms with Crippen LogP contribution in [0.15, 0.2) is 60.7 Å². The van der Waals surface area contributed by atoms with E-state index in [1.807, 2.05) is 48.6 Å². The predicted octanol–water partition coefficient (Wildman–Crippen LogP) is 6.55. The first kappa shape index (κ1) is 19.6. The zero-order valence-electron chi connectivity index (χ0n) is 15.9. The Bertz CT molecular complexity index is 753. The fraction of sp³-hybridized carbons (Fsp3) is 0.280. The van der Waals surface area contributed by atoms with Gasteiger partial charge in [-0.1, -0.05) is 74.9 Å². The van der Waals surface area contributed by atoms with Gasteiger partial charge in [-0.3, -0.25) is 0 Å². The molecule has 0 fully saturated rings. The number of hydrogen-bond acceptors (Lipinski definition) is 1. The van der Waals surface area contributed by atoms with Crippen LogP contribution in [0.2, 0.25) is 0 Å². The van der Waals surface area contributed by atoms with Crippen molar-refractivity contribution < 1.29 is 4.74 Å². The van der Waals surface area contributed by atoms with Crippen molar-refractivity contribution in [2.45, 2.75) is 39.5 Å². The molecule has 1 heteroatoms. The molecule has 2 aromatic carbocycles. The highest BCUT2D eigenvalue weighted by Crippen LogP contribution is 2.13. The summed E-state index contributed by atoms with van der Waals surface area (Å²) in [6, 6.07) is 16.8. The Kier molecular flexibility index (Phi) is 8.87. The van der Waals surface area contributed by atoms with E-state index in [9.17, 15) is 0 Å². The van der Waals surface area contributed by atoms with Crippen molar-refractivity contribution in [3.05, 3.63) is 77.4 Å². The third-order valence-electron chi connectivity index (χ3n) is 3.97. The molecule has 2 rings (SSSR count). The fourth-order valence-electron chi connectivity index (χ4n) is 2.47. The van der Waals surface area contributed by atoms with Crippen LogP contribution in [0, 0.1) is 11.8 Å². The maximum Gasteiger partial charge on any atom is 0.119 e. The lowest BCUT2D eigenvalue weighted by Gasteiger charge is -2.04. The third kappa shape index (κ3) is 7.45. The van der Waals surface area contributed by atoms with Crippen molar-refractivity contribution in [2.24, 2.45) is 0 Å². The molecular formula is C25H28O. The lowest BCUT2D eigenvalue weighted by molar-refractivity contribution is 0.309. The second-order valence-electron chi connectivity index (χ2n) is 6.22. The minimum absolute atomic E-state index is 0.783. The number of hydrogen-bond donors (Lipinski definition) is 0. The molecule has 0 heterocycles. The summed E-state index contributed by atoms with van der Waals surface area (Å²) in [4.78, 5) is 0. The molecule has 26 heavy (non-hydrogen) atoms. The Labute approximate surface area is 158 Å². The van der Waals surface area contributed by atoms with Crippen molar-refractivity contribution in [1.82, 2.24) is 0 Å². The van der Waals surface area contributed by atoms with Gasteiger partial charge in [0.25, 0.3) is 0 Å². The Morgan fingerprint density at radius 3 is 1.88 bits per heavy atom. The van der Waals surface area contributed by atoms with Crippen LogP contribution in [-0.4, -0.2) is 6.61 Å². The maximum absolute atomic E-state index is 5.66. The van der Waals surface area contributed by atoms with E-state index in [4.69, 9.17) is 4.74 Å². The van der Waals surface area contributed by atoms with Crippen molar-refractivity contribution in [3.63, 3.8) is 0 Å². The number of benzene rings is 2. The van der Waals surface area contributed by atoms with Gasteiger partial charge in [-0.05, 0) is 66.0 Å². The minimum Gasteiger partial charge on any atom is -0.494 e. The van der Waals surface area contributed by atoms with Crippen molar-refractivity contribution in [3.8, 4) is 17.6 Å². The van der Waals surface area contributed by atoms with Gasteiger partial charge in [0.05, 0.1) is 6.61 Å². The van der Waals surface area contributed by atoms with Crippen molar-refractivity contribution >= 4 is 12.2 Å². The van der Waals surface area contributed by atoms with Crippen LogP contribution in [0.25, 0.3) is 12.2 Å². The van der Waals surface area contributed by atoms with Crippen LogP contribution in [0.1, 0.15) is 49.8 Å². The highest BCUT2D eigenvalue weighted by molar-refractivity contribution is 5.56. The lowest BCUT2D eigenvalue weighted by Crippen LogP contribution is -1.95. The quantitative estimate of drug-likeness (QED) is 0.390. The lowest BCUT2D eigenvalue weighted by atomic mass is 10.1. The first-order valence-corrected chi connectivity index (χ1v) is 9.47. The molecule has 0 atom stereocenters. The first-order chi connectivity index (χ1) is 12.8. The van der Waals surface area contributed by atoms with Crippen molar-refractivity contribution in [1.29, 1.82) is 0 Å². The van der Waals surface area contributed by atoms with E-state index in [1.54, 1.807) is 0 Å². The van der Waals surface area contributed by atoms with Gasteiger partial charge in [0, 0.05) is 0 Å². The van der Waals surface area contributed by atoms with Gasteiger partial charge >= 0.3 is 0 Å². The summed E-state index contributed by atoms with van der Waals surface area (Å²) in [6.45, 7) is 5.15. The van der Waals surface area contributed by atoms with Gasteiger partial charge in [-0.15, -0.1) is 0 Å². The summed E-state index contributed by atoms with van der Waals surface area (Å²) in [6.07, 6.45) is 12.4. The molecule has 0 saturated heterocycles. The van der Waals surface area contributed by atoms with E-state index in [1.165, 1.54) is 17.5 Å². The molecule has 2 aromatic rings. The normalized spacial score (nSPS) is 10.8. The second-order valence-corrected chi connectivity index (χ2v) is 6.22. The topological polar surface area (TPSA) is 9.23 Å². The molecular weight excluding hydrogens is 316 g/mol.